The number of benzene rings is 1. The zero-order valence-electron chi connectivity index (χ0n) is 8.65. The van der Waals surface area contributed by atoms with Gasteiger partial charge in [-0.2, -0.15) is 0 Å². The van der Waals surface area contributed by atoms with Crippen molar-refractivity contribution in [2.75, 3.05) is 13.7 Å². The average molecular weight is 208 g/mol. The predicted molar refractivity (Wildman–Crippen MR) is 54.9 cm³/mol. The molecule has 1 aromatic carbocycles. The standard InChI is InChI=1S/C11H12O4/c1-3-15-11-5-9(7-13)8(6-12)4-10(11)14-2/h4-7H,3H2,1-2H3. The van der Waals surface area contributed by atoms with Crippen LogP contribution in [0.2, 0.25) is 0 Å². The summed E-state index contributed by atoms with van der Waals surface area (Å²) in [7, 11) is 1.48. The van der Waals surface area contributed by atoms with Gasteiger partial charge in [0, 0.05) is 11.1 Å². The lowest BCUT2D eigenvalue weighted by Gasteiger charge is -2.10. The van der Waals surface area contributed by atoms with E-state index in [2.05, 4.69) is 0 Å². The number of ether oxygens (including phenoxy) is 2. The van der Waals surface area contributed by atoms with Crippen LogP contribution in [-0.2, 0) is 0 Å². The van der Waals surface area contributed by atoms with E-state index in [9.17, 15) is 9.59 Å². The van der Waals surface area contributed by atoms with Gasteiger partial charge in [-0.25, -0.2) is 0 Å². The van der Waals surface area contributed by atoms with E-state index in [1.165, 1.54) is 19.2 Å². The van der Waals surface area contributed by atoms with Crippen LogP contribution in [0.1, 0.15) is 27.6 Å². The van der Waals surface area contributed by atoms with E-state index in [1.807, 2.05) is 6.92 Å². The van der Waals surface area contributed by atoms with Gasteiger partial charge in [-0.3, -0.25) is 9.59 Å². The van der Waals surface area contributed by atoms with E-state index in [1.54, 1.807) is 0 Å². The Morgan fingerprint density at radius 2 is 1.67 bits per heavy atom. The summed E-state index contributed by atoms with van der Waals surface area (Å²) in [4.78, 5) is 21.4. The van der Waals surface area contributed by atoms with E-state index in [0.717, 1.165) is 0 Å². The molecule has 0 saturated carbocycles. The molecule has 0 spiro atoms. The molecule has 0 bridgehead atoms. The maximum Gasteiger partial charge on any atom is 0.161 e. The lowest BCUT2D eigenvalue weighted by atomic mass is 10.1. The first kappa shape index (κ1) is 11.2. The molecule has 0 fully saturated rings. The molecule has 0 saturated heterocycles. The third kappa shape index (κ3) is 2.34. The average Bonchev–Trinajstić information content (AvgIpc) is 2.28. The van der Waals surface area contributed by atoms with Crippen LogP contribution < -0.4 is 9.47 Å². The van der Waals surface area contributed by atoms with Gasteiger partial charge in [0.1, 0.15) is 0 Å². The second-order valence-electron chi connectivity index (χ2n) is 2.80. The summed E-state index contributed by atoms with van der Waals surface area (Å²) in [6.45, 7) is 2.29. The van der Waals surface area contributed by atoms with Crippen LogP contribution in [0.25, 0.3) is 0 Å². The fraction of sp³-hybridized carbons (Fsp3) is 0.273. The Bertz CT molecular complexity index is 371. The SMILES string of the molecule is CCOc1cc(C=O)c(C=O)cc1OC. The summed E-state index contributed by atoms with van der Waals surface area (Å²) in [5.41, 5.74) is 0.597. The molecule has 0 aliphatic rings. The lowest BCUT2D eigenvalue weighted by molar-refractivity contribution is 0.109. The molecule has 80 valence electrons. The number of methoxy groups -OCH3 is 1. The van der Waals surface area contributed by atoms with E-state index < -0.39 is 0 Å². The van der Waals surface area contributed by atoms with E-state index in [-0.39, 0.29) is 0 Å². The first-order valence-electron chi connectivity index (χ1n) is 4.52. The third-order valence-electron chi connectivity index (χ3n) is 1.92. The molecule has 0 atom stereocenters. The normalized spacial score (nSPS) is 9.47. The Morgan fingerprint density at radius 3 is 2.07 bits per heavy atom. The minimum Gasteiger partial charge on any atom is -0.493 e. The van der Waals surface area contributed by atoms with Crippen molar-refractivity contribution in [3.63, 3.8) is 0 Å². The molecule has 0 amide bonds. The summed E-state index contributed by atoms with van der Waals surface area (Å²) in [5.74, 6) is 0.914. The Labute approximate surface area is 87.8 Å². The summed E-state index contributed by atoms with van der Waals surface area (Å²) in [6, 6.07) is 2.99. The monoisotopic (exact) mass is 208 g/mol. The van der Waals surface area contributed by atoms with Crippen LogP contribution in [0, 0.1) is 0 Å². The molecule has 0 aromatic heterocycles. The molecular weight excluding hydrogens is 196 g/mol. The molecule has 1 aromatic rings. The van der Waals surface area contributed by atoms with E-state index in [0.29, 0.717) is 41.8 Å². The molecule has 0 unspecified atom stereocenters. The summed E-state index contributed by atoms with van der Waals surface area (Å²) < 4.78 is 10.3. The Morgan fingerprint density at radius 1 is 1.13 bits per heavy atom. The summed E-state index contributed by atoms with van der Waals surface area (Å²) >= 11 is 0. The largest absolute Gasteiger partial charge is 0.493 e. The van der Waals surface area contributed by atoms with Crippen molar-refractivity contribution in [2.24, 2.45) is 0 Å². The number of hydrogen-bond donors (Lipinski definition) is 0. The maximum absolute atomic E-state index is 10.7. The Balaban J connectivity index is 3.26. The van der Waals surface area contributed by atoms with E-state index in [4.69, 9.17) is 9.47 Å². The van der Waals surface area contributed by atoms with Crippen molar-refractivity contribution < 1.29 is 19.1 Å². The molecule has 0 aliphatic carbocycles. The smallest absolute Gasteiger partial charge is 0.161 e. The first-order chi connectivity index (χ1) is 7.26. The molecule has 0 heterocycles. The topological polar surface area (TPSA) is 52.6 Å². The molecule has 1 rings (SSSR count). The van der Waals surface area contributed by atoms with Gasteiger partial charge in [0.15, 0.2) is 24.1 Å². The number of hydrogen-bond acceptors (Lipinski definition) is 4. The van der Waals surface area contributed by atoms with Gasteiger partial charge in [0.2, 0.25) is 0 Å². The van der Waals surface area contributed by atoms with Crippen LogP contribution in [0.15, 0.2) is 12.1 Å². The molecule has 4 heteroatoms. The Kier molecular flexibility index (Phi) is 3.85. The Hall–Kier alpha value is -1.84. The summed E-state index contributed by atoms with van der Waals surface area (Å²) in [5, 5.41) is 0. The van der Waals surface area contributed by atoms with Gasteiger partial charge in [0.05, 0.1) is 13.7 Å². The second-order valence-corrected chi connectivity index (χ2v) is 2.80. The third-order valence-corrected chi connectivity index (χ3v) is 1.92. The predicted octanol–water partition coefficient (Wildman–Crippen LogP) is 1.72. The minimum absolute atomic E-state index is 0.297. The second kappa shape index (κ2) is 5.14. The van der Waals surface area contributed by atoms with Gasteiger partial charge in [-0.05, 0) is 19.1 Å². The van der Waals surface area contributed by atoms with Crippen molar-refractivity contribution in [1.82, 2.24) is 0 Å². The van der Waals surface area contributed by atoms with E-state index >= 15 is 0 Å². The highest BCUT2D eigenvalue weighted by Crippen LogP contribution is 2.29. The fourth-order valence-corrected chi connectivity index (χ4v) is 1.22. The van der Waals surface area contributed by atoms with Crippen molar-refractivity contribution in [2.45, 2.75) is 6.92 Å². The van der Waals surface area contributed by atoms with Crippen LogP contribution in [-0.4, -0.2) is 26.3 Å². The van der Waals surface area contributed by atoms with Gasteiger partial charge < -0.3 is 9.47 Å². The number of rotatable bonds is 5. The van der Waals surface area contributed by atoms with Gasteiger partial charge in [-0.15, -0.1) is 0 Å². The lowest BCUT2D eigenvalue weighted by Crippen LogP contribution is -1.99. The number of aldehydes is 2. The highest BCUT2D eigenvalue weighted by Gasteiger charge is 2.10. The van der Waals surface area contributed by atoms with Crippen molar-refractivity contribution >= 4 is 12.6 Å². The zero-order chi connectivity index (χ0) is 11.3. The van der Waals surface area contributed by atoms with Crippen molar-refractivity contribution in [1.29, 1.82) is 0 Å². The van der Waals surface area contributed by atoms with Crippen LogP contribution in [0.4, 0.5) is 0 Å². The molecule has 15 heavy (non-hydrogen) atoms. The molecule has 0 N–H and O–H groups in total. The molecule has 0 aliphatic heterocycles. The van der Waals surface area contributed by atoms with Crippen molar-refractivity contribution in [3.8, 4) is 11.5 Å². The zero-order valence-corrected chi connectivity index (χ0v) is 8.65. The van der Waals surface area contributed by atoms with Gasteiger partial charge >= 0.3 is 0 Å². The quantitative estimate of drug-likeness (QED) is 0.691. The highest BCUT2D eigenvalue weighted by molar-refractivity contribution is 5.91. The summed E-state index contributed by atoms with van der Waals surface area (Å²) in [6.07, 6.45) is 1.23. The first-order valence-corrected chi connectivity index (χ1v) is 4.52. The maximum atomic E-state index is 10.7. The highest BCUT2D eigenvalue weighted by atomic mass is 16.5. The van der Waals surface area contributed by atoms with Crippen LogP contribution >= 0.6 is 0 Å². The number of carbonyl (C=O) groups is 2. The van der Waals surface area contributed by atoms with Gasteiger partial charge in [0.25, 0.3) is 0 Å². The number of carbonyl (C=O) groups excluding carboxylic acids is 2. The van der Waals surface area contributed by atoms with Crippen LogP contribution in [0.3, 0.4) is 0 Å². The molecular formula is C11H12O4. The molecule has 4 nitrogen and oxygen atoms in total. The van der Waals surface area contributed by atoms with Gasteiger partial charge in [-0.1, -0.05) is 0 Å². The molecule has 0 radical (unpaired) electrons. The fourth-order valence-electron chi connectivity index (χ4n) is 1.22. The minimum atomic E-state index is 0.297. The van der Waals surface area contributed by atoms with Crippen LogP contribution in [0.5, 0.6) is 11.5 Å². The van der Waals surface area contributed by atoms with Crippen molar-refractivity contribution in [3.05, 3.63) is 23.3 Å².